The first-order valence-corrected chi connectivity index (χ1v) is 6.70. The van der Waals surface area contributed by atoms with Gasteiger partial charge in [0.1, 0.15) is 0 Å². The average Bonchev–Trinajstić information content (AvgIpc) is 2.30. The van der Waals surface area contributed by atoms with Gasteiger partial charge in [-0.3, -0.25) is 0 Å². The van der Waals surface area contributed by atoms with Crippen LogP contribution in [0.4, 0.5) is 13.2 Å². The SMILES string of the molecule is CCCN(C)CCCc1ccc(C)cc1C(F)(F)F. The number of rotatable bonds is 6. The van der Waals surface area contributed by atoms with E-state index in [4.69, 9.17) is 0 Å². The molecule has 0 heterocycles. The Morgan fingerprint density at radius 3 is 2.42 bits per heavy atom. The molecule has 0 aliphatic carbocycles. The Kier molecular flexibility index (Phi) is 5.85. The molecule has 0 bridgehead atoms. The Morgan fingerprint density at radius 1 is 1.16 bits per heavy atom. The summed E-state index contributed by atoms with van der Waals surface area (Å²) in [5, 5.41) is 0. The van der Waals surface area contributed by atoms with E-state index in [1.807, 2.05) is 7.05 Å². The van der Waals surface area contributed by atoms with Crippen molar-refractivity contribution in [3.8, 4) is 0 Å². The molecule has 0 radical (unpaired) electrons. The van der Waals surface area contributed by atoms with Crippen molar-refractivity contribution < 1.29 is 13.2 Å². The van der Waals surface area contributed by atoms with Crippen LogP contribution in [0.3, 0.4) is 0 Å². The van der Waals surface area contributed by atoms with Crippen LogP contribution in [0.15, 0.2) is 18.2 Å². The standard InChI is InChI=1S/C15H22F3N/c1-4-9-19(3)10-5-6-13-8-7-12(2)11-14(13)15(16,17)18/h7-8,11H,4-6,9-10H2,1-3H3. The fourth-order valence-corrected chi connectivity index (χ4v) is 2.21. The number of benzene rings is 1. The van der Waals surface area contributed by atoms with Gasteiger partial charge in [0, 0.05) is 0 Å². The Balaban J connectivity index is 2.68. The topological polar surface area (TPSA) is 3.24 Å². The summed E-state index contributed by atoms with van der Waals surface area (Å²) in [5.41, 5.74) is 0.577. The monoisotopic (exact) mass is 273 g/mol. The van der Waals surface area contributed by atoms with E-state index < -0.39 is 11.7 Å². The van der Waals surface area contributed by atoms with E-state index in [-0.39, 0.29) is 0 Å². The summed E-state index contributed by atoms with van der Waals surface area (Å²) in [6.07, 6.45) is -1.96. The predicted octanol–water partition coefficient (Wildman–Crippen LogP) is 4.29. The maximum atomic E-state index is 12.9. The second kappa shape index (κ2) is 6.94. The minimum absolute atomic E-state index is 0.406. The van der Waals surface area contributed by atoms with Gasteiger partial charge in [-0.1, -0.05) is 24.6 Å². The molecule has 1 aromatic rings. The molecule has 108 valence electrons. The molecule has 19 heavy (non-hydrogen) atoms. The van der Waals surface area contributed by atoms with Crippen molar-refractivity contribution in [2.24, 2.45) is 0 Å². The molecule has 0 aliphatic heterocycles. The van der Waals surface area contributed by atoms with Crippen molar-refractivity contribution in [2.45, 2.75) is 39.3 Å². The van der Waals surface area contributed by atoms with Crippen LogP contribution < -0.4 is 0 Å². The lowest BCUT2D eigenvalue weighted by molar-refractivity contribution is -0.138. The fourth-order valence-electron chi connectivity index (χ4n) is 2.21. The van der Waals surface area contributed by atoms with E-state index in [9.17, 15) is 13.2 Å². The van der Waals surface area contributed by atoms with Crippen molar-refractivity contribution in [1.82, 2.24) is 4.90 Å². The van der Waals surface area contributed by atoms with Gasteiger partial charge in [-0.2, -0.15) is 13.2 Å². The Bertz CT molecular complexity index is 399. The molecule has 0 saturated carbocycles. The van der Waals surface area contributed by atoms with E-state index >= 15 is 0 Å². The zero-order chi connectivity index (χ0) is 14.5. The first kappa shape index (κ1) is 16.0. The smallest absolute Gasteiger partial charge is 0.306 e. The highest BCUT2D eigenvalue weighted by Crippen LogP contribution is 2.33. The molecule has 0 fully saturated rings. The molecule has 0 saturated heterocycles. The Hall–Kier alpha value is -1.03. The molecule has 0 unspecified atom stereocenters. The highest BCUT2D eigenvalue weighted by molar-refractivity contribution is 5.33. The van der Waals surface area contributed by atoms with Crippen molar-refractivity contribution >= 4 is 0 Å². The summed E-state index contributed by atoms with van der Waals surface area (Å²) in [5.74, 6) is 0. The van der Waals surface area contributed by atoms with Gasteiger partial charge in [0.2, 0.25) is 0 Å². The van der Waals surface area contributed by atoms with Gasteiger partial charge in [0.05, 0.1) is 5.56 Å². The largest absolute Gasteiger partial charge is 0.416 e. The second-order valence-electron chi connectivity index (χ2n) is 5.07. The molecular formula is C15H22F3N. The highest BCUT2D eigenvalue weighted by atomic mass is 19.4. The maximum Gasteiger partial charge on any atom is 0.416 e. The van der Waals surface area contributed by atoms with Crippen molar-refractivity contribution in [2.75, 3.05) is 20.1 Å². The molecule has 0 aromatic heterocycles. The number of nitrogens with zero attached hydrogens (tertiary/aromatic N) is 1. The molecule has 0 amide bonds. The summed E-state index contributed by atoms with van der Waals surface area (Å²) in [4.78, 5) is 2.15. The normalized spacial score (nSPS) is 12.2. The summed E-state index contributed by atoms with van der Waals surface area (Å²) in [6, 6.07) is 4.60. The zero-order valence-corrected chi connectivity index (χ0v) is 11.8. The van der Waals surface area contributed by atoms with Crippen molar-refractivity contribution in [3.63, 3.8) is 0 Å². The van der Waals surface area contributed by atoms with Crippen molar-refractivity contribution in [1.29, 1.82) is 0 Å². The van der Waals surface area contributed by atoms with Crippen LogP contribution in [0, 0.1) is 6.92 Å². The van der Waals surface area contributed by atoms with Gasteiger partial charge < -0.3 is 4.90 Å². The third-order valence-electron chi connectivity index (χ3n) is 3.16. The summed E-state index contributed by atoms with van der Waals surface area (Å²) < 4.78 is 38.8. The molecule has 4 heteroatoms. The maximum absolute atomic E-state index is 12.9. The van der Waals surface area contributed by atoms with Crippen LogP contribution in [-0.2, 0) is 12.6 Å². The third-order valence-corrected chi connectivity index (χ3v) is 3.16. The lowest BCUT2D eigenvalue weighted by Gasteiger charge is -2.17. The third kappa shape index (κ3) is 5.23. The van der Waals surface area contributed by atoms with Crippen LogP contribution in [0.25, 0.3) is 0 Å². The van der Waals surface area contributed by atoms with Crippen LogP contribution in [-0.4, -0.2) is 25.0 Å². The van der Waals surface area contributed by atoms with E-state index in [1.54, 1.807) is 19.1 Å². The molecule has 0 spiro atoms. The van der Waals surface area contributed by atoms with Crippen LogP contribution in [0.5, 0.6) is 0 Å². The minimum atomic E-state index is -4.25. The first-order valence-electron chi connectivity index (χ1n) is 6.70. The molecule has 1 nitrogen and oxygen atoms in total. The quantitative estimate of drug-likeness (QED) is 0.747. The Morgan fingerprint density at radius 2 is 1.84 bits per heavy atom. The van der Waals surface area contributed by atoms with E-state index in [1.165, 1.54) is 6.07 Å². The van der Waals surface area contributed by atoms with Gasteiger partial charge in [-0.15, -0.1) is 0 Å². The lowest BCUT2D eigenvalue weighted by Crippen LogP contribution is -2.21. The minimum Gasteiger partial charge on any atom is -0.306 e. The molecule has 0 atom stereocenters. The molecule has 1 aromatic carbocycles. The average molecular weight is 273 g/mol. The van der Waals surface area contributed by atoms with Gasteiger partial charge in [-0.25, -0.2) is 0 Å². The lowest BCUT2D eigenvalue weighted by atomic mass is 10.00. The highest BCUT2D eigenvalue weighted by Gasteiger charge is 2.32. The van der Waals surface area contributed by atoms with Gasteiger partial charge in [-0.05, 0) is 58.0 Å². The summed E-state index contributed by atoms with van der Waals surface area (Å²) in [6.45, 7) is 5.60. The van der Waals surface area contributed by atoms with Crippen LogP contribution >= 0.6 is 0 Å². The van der Waals surface area contributed by atoms with Gasteiger partial charge in [0.25, 0.3) is 0 Å². The van der Waals surface area contributed by atoms with Crippen molar-refractivity contribution in [3.05, 3.63) is 34.9 Å². The van der Waals surface area contributed by atoms with E-state index in [0.29, 0.717) is 17.5 Å². The van der Waals surface area contributed by atoms with Crippen LogP contribution in [0.2, 0.25) is 0 Å². The number of aryl methyl sites for hydroxylation is 2. The number of halogens is 3. The fraction of sp³-hybridized carbons (Fsp3) is 0.600. The first-order chi connectivity index (χ1) is 8.84. The Labute approximate surface area is 113 Å². The van der Waals surface area contributed by atoms with Crippen LogP contribution in [0.1, 0.15) is 36.5 Å². The van der Waals surface area contributed by atoms with Gasteiger partial charge >= 0.3 is 6.18 Å². The molecule has 0 N–H and O–H groups in total. The van der Waals surface area contributed by atoms with Gasteiger partial charge in [0.15, 0.2) is 0 Å². The van der Waals surface area contributed by atoms with E-state index in [2.05, 4.69) is 11.8 Å². The summed E-state index contributed by atoms with van der Waals surface area (Å²) in [7, 11) is 2.00. The van der Waals surface area contributed by atoms with E-state index in [0.717, 1.165) is 25.9 Å². The molecule has 0 aliphatic rings. The second-order valence-corrected chi connectivity index (χ2v) is 5.07. The summed E-state index contributed by atoms with van der Waals surface area (Å²) >= 11 is 0. The number of hydrogen-bond donors (Lipinski definition) is 0. The predicted molar refractivity (Wildman–Crippen MR) is 72.3 cm³/mol. The molecule has 1 rings (SSSR count). The number of alkyl halides is 3. The zero-order valence-electron chi connectivity index (χ0n) is 11.8. The molecular weight excluding hydrogens is 251 g/mol. The number of hydrogen-bond acceptors (Lipinski definition) is 1.